The van der Waals surface area contributed by atoms with Crippen LogP contribution in [0.2, 0.25) is 0 Å². The van der Waals surface area contributed by atoms with E-state index in [1.807, 2.05) is 13.8 Å². The molecular weight excluding hydrogens is 455 g/mol. The molecule has 3 N–H and O–H groups in total. The summed E-state index contributed by atoms with van der Waals surface area (Å²) in [6.07, 6.45) is -2.48. The van der Waals surface area contributed by atoms with Gasteiger partial charge in [0.2, 0.25) is 10.0 Å². The minimum atomic E-state index is -4.51. The molecule has 3 rings (SSSR count). The number of aromatic nitrogens is 3. The fourth-order valence-electron chi connectivity index (χ4n) is 2.82. The van der Waals surface area contributed by atoms with Crippen molar-refractivity contribution in [1.82, 2.24) is 20.1 Å². The fraction of sp³-hybridized carbons (Fsp3) is 0.278. The third-order valence-corrected chi connectivity index (χ3v) is 6.75. The SMILES string of the molecule is CC(C)c1c(C(=O)NCc2ccc(S(N)(=O)=O)s2)cnn1-c1ccc(C(F)(F)F)cn1. The standard InChI is InChI=1S/C18H18F3N5O3S2/c1-10(2)16-13(17(27)24-8-12-4-6-15(30-12)31(22,28)29)9-25-26(16)14-5-3-11(7-23-14)18(19,20)21/h3-7,9-10H,8H2,1-2H3,(H,24,27)(H2,22,28,29). The average molecular weight is 474 g/mol. The van der Waals surface area contributed by atoms with Gasteiger partial charge >= 0.3 is 6.18 Å². The highest BCUT2D eigenvalue weighted by molar-refractivity contribution is 7.91. The lowest BCUT2D eigenvalue weighted by Gasteiger charge is -2.13. The molecule has 3 aromatic rings. The molecule has 0 atom stereocenters. The Morgan fingerprint density at radius 2 is 1.94 bits per heavy atom. The Hall–Kier alpha value is -2.77. The molecule has 0 unspecified atom stereocenters. The van der Waals surface area contributed by atoms with Crippen LogP contribution < -0.4 is 10.5 Å². The summed E-state index contributed by atoms with van der Waals surface area (Å²) >= 11 is 0.942. The van der Waals surface area contributed by atoms with Crippen molar-refractivity contribution in [2.75, 3.05) is 0 Å². The Labute approximate surface area is 180 Å². The van der Waals surface area contributed by atoms with Gasteiger partial charge in [0.25, 0.3) is 5.91 Å². The molecule has 0 aliphatic heterocycles. The first-order valence-electron chi connectivity index (χ1n) is 8.89. The molecule has 31 heavy (non-hydrogen) atoms. The third kappa shape index (κ3) is 5.11. The van der Waals surface area contributed by atoms with Crippen LogP contribution in [0.4, 0.5) is 13.2 Å². The minimum absolute atomic E-state index is 0.0131. The number of alkyl halides is 3. The van der Waals surface area contributed by atoms with E-state index in [4.69, 9.17) is 5.14 Å². The number of nitrogens with two attached hydrogens (primary N) is 1. The maximum absolute atomic E-state index is 12.8. The van der Waals surface area contributed by atoms with E-state index in [1.54, 1.807) is 6.07 Å². The lowest BCUT2D eigenvalue weighted by molar-refractivity contribution is -0.137. The Bertz CT molecular complexity index is 1200. The number of carbonyl (C=O) groups is 1. The third-order valence-electron chi connectivity index (χ3n) is 4.23. The second-order valence-electron chi connectivity index (χ2n) is 6.86. The summed E-state index contributed by atoms with van der Waals surface area (Å²) in [4.78, 5) is 17.1. The number of hydrogen-bond donors (Lipinski definition) is 2. The van der Waals surface area contributed by atoms with Gasteiger partial charge < -0.3 is 5.32 Å². The maximum atomic E-state index is 12.8. The number of primary sulfonamides is 1. The van der Waals surface area contributed by atoms with Gasteiger partial charge in [-0.2, -0.15) is 18.3 Å². The van der Waals surface area contributed by atoms with Gasteiger partial charge in [-0.05, 0) is 30.2 Å². The first-order chi connectivity index (χ1) is 14.4. The van der Waals surface area contributed by atoms with Crippen LogP contribution in [0.3, 0.4) is 0 Å². The zero-order chi connectivity index (χ0) is 23.0. The normalized spacial score (nSPS) is 12.4. The lowest BCUT2D eigenvalue weighted by atomic mass is 10.1. The molecule has 0 radical (unpaired) electrons. The molecule has 13 heteroatoms. The van der Waals surface area contributed by atoms with Crippen LogP contribution >= 0.6 is 11.3 Å². The summed E-state index contributed by atoms with van der Waals surface area (Å²) in [5.41, 5.74) is -0.177. The number of pyridine rings is 1. The summed E-state index contributed by atoms with van der Waals surface area (Å²) in [7, 11) is -3.82. The van der Waals surface area contributed by atoms with Crippen molar-refractivity contribution in [2.24, 2.45) is 5.14 Å². The molecule has 0 aliphatic rings. The second kappa shape index (κ2) is 8.40. The van der Waals surface area contributed by atoms with E-state index >= 15 is 0 Å². The molecule has 166 valence electrons. The molecule has 0 fully saturated rings. The van der Waals surface area contributed by atoms with Crippen molar-refractivity contribution >= 4 is 27.3 Å². The monoisotopic (exact) mass is 473 g/mol. The molecule has 1 amide bonds. The van der Waals surface area contributed by atoms with Crippen molar-refractivity contribution < 1.29 is 26.4 Å². The van der Waals surface area contributed by atoms with Gasteiger partial charge in [-0.1, -0.05) is 13.8 Å². The van der Waals surface area contributed by atoms with Crippen molar-refractivity contribution in [2.45, 2.75) is 36.7 Å². The lowest BCUT2D eigenvalue weighted by Crippen LogP contribution is -2.24. The maximum Gasteiger partial charge on any atom is 0.417 e. The second-order valence-corrected chi connectivity index (χ2v) is 9.82. The van der Waals surface area contributed by atoms with Crippen LogP contribution in [0.5, 0.6) is 0 Å². The minimum Gasteiger partial charge on any atom is -0.347 e. The fourth-order valence-corrected chi connectivity index (χ4v) is 4.54. The number of carbonyl (C=O) groups excluding carboxylic acids is 1. The van der Waals surface area contributed by atoms with Crippen molar-refractivity contribution in [3.63, 3.8) is 0 Å². The molecule has 8 nitrogen and oxygen atoms in total. The number of sulfonamides is 1. The highest BCUT2D eigenvalue weighted by Crippen LogP contribution is 2.29. The Kier molecular flexibility index (Phi) is 6.21. The number of nitrogens with zero attached hydrogens (tertiary/aromatic N) is 3. The molecule has 3 heterocycles. The predicted octanol–water partition coefficient (Wildman–Crippen LogP) is 3.05. The van der Waals surface area contributed by atoms with Crippen LogP contribution in [0, 0.1) is 0 Å². The van der Waals surface area contributed by atoms with Gasteiger partial charge in [0.05, 0.1) is 29.6 Å². The van der Waals surface area contributed by atoms with E-state index in [-0.39, 0.29) is 28.1 Å². The van der Waals surface area contributed by atoms with Crippen LogP contribution in [-0.4, -0.2) is 29.1 Å². The van der Waals surface area contributed by atoms with Crippen LogP contribution in [0.1, 0.15) is 46.3 Å². The molecule has 0 saturated heterocycles. The van der Waals surface area contributed by atoms with E-state index in [0.29, 0.717) is 16.8 Å². The summed E-state index contributed by atoms with van der Waals surface area (Å²) in [6, 6.07) is 4.98. The highest BCUT2D eigenvalue weighted by Gasteiger charge is 2.31. The van der Waals surface area contributed by atoms with Gasteiger partial charge in [0.15, 0.2) is 5.82 Å². The van der Waals surface area contributed by atoms with Crippen molar-refractivity contribution in [3.05, 3.63) is 58.4 Å². The summed E-state index contributed by atoms with van der Waals surface area (Å²) in [5, 5.41) is 11.9. The number of thiophene rings is 1. The van der Waals surface area contributed by atoms with Crippen LogP contribution in [-0.2, 0) is 22.7 Å². The summed E-state index contributed by atoms with van der Waals surface area (Å²) in [5.74, 6) is -0.512. The number of halogens is 3. The highest BCUT2D eigenvalue weighted by atomic mass is 32.2. The van der Waals surface area contributed by atoms with Crippen LogP contribution in [0.25, 0.3) is 5.82 Å². The Morgan fingerprint density at radius 3 is 2.45 bits per heavy atom. The average Bonchev–Trinajstić information content (AvgIpc) is 3.32. The van der Waals surface area contributed by atoms with E-state index in [2.05, 4.69) is 15.4 Å². The van der Waals surface area contributed by atoms with Crippen LogP contribution in [0.15, 0.2) is 40.9 Å². The number of rotatable bonds is 6. The summed E-state index contributed by atoms with van der Waals surface area (Å²) in [6.45, 7) is 3.69. The van der Waals surface area contributed by atoms with Crippen molar-refractivity contribution in [1.29, 1.82) is 0 Å². The molecule has 3 aromatic heterocycles. The number of hydrogen-bond acceptors (Lipinski definition) is 6. The number of nitrogens with one attached hydrogen (secondary N) is 1. The van der Waals surface area contributed by atoms with E-state index < -0.39 is 27.7 Å². The predicted molar refractivity (Wildman–Crippen MR) is 107 cm³/mol. The van der Waals surface area contributed by atoms with E-state index in [9.17, 15) is 26.4 Å². The Morgan fingerprint density at radius 1 is 1.23 bits per heavy atom. The number of amides is 1. The summed E-state index contributed by atoms with van der Waals surface area (Å²) < 4.78 is 62.4. The first-order valence-corrected chi connectivity index (χ1v) is 11.3. The molecule has 0 saturated carbocycles. The van der Waals surface area contributed by atoms with Gasteiger partial charge in [-0.15, -0.1) is 11.3 Å². The zero-order valence-electron chi connectivity index (χ0n) is 16.3. The van der Waals surface area contributed by atoms with E-state index in [1.165, 1.54) is 23.0 Å². The van der Waals surface area contributed by atoms with Gasteiger partial charge in [0, 0.05) is 11.1 Å². The first kappa shape index (κ1) is 22.9. The van der Waals surface area contributed by atoms with Gasteiger partial charge in [-0.3, -0.25) is 4.79 Å². The van der Waals surface area contributed by atoms with Gasteiger partial charge in [0.1, 0.15) is 4.21 Å². The topological polar surface area (TPSA) is 120 Å². The zero-order valence-corrected chi connectivity index (χ0v) is 18.0. The smallest absolute Gasteiger partial charge is 0.347 e. The van der Waals surface area contributed by atoms with E-state index in [0.717, 1.165) is 17.4 Å². The molecule has 0 bridgehead atoms. The molecule has 0 spiro atoms. The Balaban J connectivity index is 1.83. The molecular formula is C18H18F3N5O3S2. The van der Waals surface area contributed by atoms with Gasteiger partial charge in [-0.25, -0.2) is 23.2 Å². The molecule has 0 aromatic carbocycles. The quantitative estimate of drug-likeness (QED) is 0.570. The molecule has 0 aliphatic carbocycles. The van der Waals surface area contributed by atoms with Crippen molar-refractivity contribution in [3.8, 4) is 5.82 Å². The largest absolute Gasteiger partial charge is 0.417 e.